The van der Waals surface area contributed by atoms with Gasteiger partial charge in [-0.3, -0.25) is 9.59 Å². The molecule has 0 aliphatic carbocycles. The molecule has 0 radical (unpaired) electrons. The summed E-state index contributed by atoms with van der Waals surface area (Å²) in [7, 11) is 0. The Morgan fingerprint density at radius 1 is 0.839 bits per heavy atom. The minimum absolute atomic E-state index is 0.255. The molecule has 0 saturated heterocycles. The van der Waals surface area contributed by atoms with Crippen molar-refractivity contribution in [3.8, 4) is 5.69 Å². The van der Waals surface area contributed by atoms with Gasteiger partial charge in [0, 0.05) is 10.2 Å². The number of halogens is 1. The highest BCUT2D eigenvalue weighted by atomic mass is 79.9. The highest BCUT2D eigenvalue weighted by Crippen LogP contribution is 2.24. The second-order valence-electron chi connectivity index (χ2n) is 6.91. The molecule has 1 heterocycles. The molecule has 154 valence electrons. The third-order valence-electron chi connectivity index (χ3n) is 4.64. The molecule has 4 aromatic rings. The molecule has 0 saturated carbocycles. The molecule has 0 aliphatic rings. The lowest BCUT2D eigenvalue weighted by molar-refractivity contribution is 0.102. The van der Waals surface area contributed by atoms with Crippen LogP contribution >= 0.6 is 15.9 Å². The van der Waals surface area contributed by atoms with Crippen molar-refractivity contribution < 1.29 is 9.59 Å². The Hall–Kier alpha value is -3.71. The fourth-order valence-corrected chi connectivity index (χ4v) is 3.61. The van der Waals surface area contributed by atoms with Crippen molar-refractivity contribution in [2.75, 3.05) is 10.6 Å². The molecule has 0 spiro atoms. The van der Waals surface area contributed by atoms with Crippen LogP contribution in [0.2, 0.25) is 0 Å². The largest absolute Gasteiger partial charge is 0.322 e. The van der Waals surface area contributed by atoms with E-state index in [4.69, 9.17) is 0 Å². The van der Waals surface area contributed by atoms with E-state index in [1.165, 1.54) is 6.20 Å². The molecule has 2 amide bonds. The molecule has 0 aliphatic heterocycles. The lowest BCUT2D eigenvalue weighted by Crippen LogP contribution is -2.20. The van der Waals surface area contributed by atoms with E-state index < -0.39 is 0 Å². The number of para-hydroxylation sites is 1. The van der Waals surface area contributed by atoms with E-state index >= 15 is 0 Å². The maximum Gasteiger partial charge on any atom is 0.261 e. The van der Waals surface area contributed by atoms with Crippen molar-refractivity contribution in [3.05, 3.63) is 106 Å². The van der Waals surface area contributed by atoms with Gasteiger partial charge in [0.1, 0.15) is 11.4 Å². The van der Waals surface area contributed by atoms with Crippen molar-refractivity contribution >= 4 is 39.2 Å². The van der Waals surface area contributed by atoms with Crippen LogP contribution in [-0.4, -0.2) is 21.6 Å². The number of carbonyl (C=O) groups is 2. The zero-order valence-electron chi connectivity index (χ0n) is 16.7. The SMILES string of the molecule is Cc1cccc(NC(=O)c2cnn(-c3ccccc3)c2NC(=O)c2ccccc2Br)c1. The van der Waals surface area contributed by atoms with Gasteiger partial charge in [-0.2, -0.15) is 5.10 Å². The van der Waals surface area contributed by atoms with E-state index in [-0.39, 0.29) is 23.2 Å². The van der Waals surface area contributed by atoms with E-state index in [1.807, 2.05) is 67.6 Å². The van der Waals surface area contributed by atoms with Crippen LogP contribution < -0.4 is 10.6 Å². The van der Waals surface area contributed by atoms with Gasteiger partial charge >= 0.3 is 0 Å². The Morgan fingerprint density at radius 3 is 2.29 bits per heavy atom. The van der Waals surface area contributed by atoms with Gasteiger partial charge in [0.05, 0.1) is 17.4 Å². The molecule has 0 fully saturated rings. The van der Waals surface area contributed by atoms with Crippen LogP contribution in [0, 0.1) is 6.92 Å². The fraction of sp³-hybridized carbons (Fsp3) is 0.0417. The van der Waals surface area contributed by atoms with E-state index in [2.05, 4.69) is 31.7 Å². The van der Waals surface area contributed by atoms with Crippen molar-refractivity contribution in [2.24, 2.45) is 0 Å². The number of anilines is 2. The fourth-order valence-electron chi connectivity index (χ4n) is 3.14. The van der Waals surface area contributed by atoms with Gasteiger partial charge in [-0.05, 0) is 64.8 Å². The lowest BCUT2D eigenvalue weighted by Gasteiger charge is -2.12. The predicted molar refractivity (Wildman–Crippen MR) is 125 cm³/mol. The summed E-state index contributed by atoms with van der Waals surface area (Å²) in [6.45, 7) is 1.95. The number of carbonyl (C=O) groups excluding carboxylic acids is 2. The molecule has 0 atom stereocenters. The summed E-state index contributed by atoms with van der Waals surface area (Å²) in [5.74, 6) is -0.429. The molecule has 6 nitrogen and oxygen atoms in total. The zero-order chi connectivity index (χ0) is 21.8. The number of hydrogen-bond donors (Lipinski definition) is 2. The van der Waals surface area contributed by atoms with Gasteiger partial charge in [-0.25, -0.2) is 4.68 Å². The molecular formula is C24H19BrN4O2. The number of nitrogens with zero attached hydrogens (tertiary/aromatic N) is 2. The number of rotatable bonds is 5. The second kappa shape index (κ2) is 8.97. The summed E-state index contributed by atoms with van der Waals surface area (Å²) in [4.78, 5) is 26.0. The number of benzene rings is 3. The third-order valence-corrected chi connectivity index (χ3v) is 5.33. The Morgan fingerprint density at radius 2 is 1.55 bits per heavy atom. The van der Waals surface area contributed by atoms with Crippen LogP contribution in [0.3, 0.4) is 0 Å². The summed E-state index contributed by atoms with van der Waals surface area (Å²) >= 11 is 3.40. The topological polar surface area (TPSA) is 76.0 Å². The average molecular weight is 475 g/mol. The molecule has 31 heavy (non-hydrogen) atoms. The summed E-state index contributed by atoms with van der Waals surface area (Å²) in [5.41, 5.74) is 3.12. The molecule has 0 bridgehead atoms. The number of aryl methyl sites for hydroxylation is 1. The standard InChI is InChI=1S/C24H19BrN4O2/c1-16-8-7-9-17(14-16)27-24(31)20-15-26-29(18-10-3-2-4-11-18)22(20)28-23(30)19-12-5-6-13-21(19)25/h2-15H,1H3,(H,27,31)(H,28,30). The van der Waals surface area contributed by atoms with Gasteiger partial charge in [-0.1, -0.05) is 42.5 Å². The molecule has 2 N–H and O–H groups in total. The first kappa shape index (κ1) is 20.6. The van der Waals surface area contributed by atoms with Crippen LogP contribution in [0.1, 0.15) is 26.3 Å². The molecular weight excluding hydrogens is 456 g/mol. The van der Waals surface area contributed by atoms with E-state index in [0.29, 0.717) is 15.7 Å². The smallest absolute Gasteiger partial charge is 0.261 e. The molecule has 0 unspecified atom stereocenters. The number of amides is 2. The molecule has 3 aromatic carbocycles. The maximum absolute atomic E-state index is 13.1. The van der Waals surface area contributed by atoms with E-state index in [1.54, 1.807) is 22.9 Å². The number of hydrogen-bond acceptors (Lipinski definition) is 3. The first-order chi connectivity index (χ1) is 15.0. The van der Waals surface area contributed by atoms with Crippen molar-refractivity contribution in [1.82, 2.24) is 9.78 Å². The number of nitrogens with one attached hydrogen (secondary N) is 2. The van der Waals surface area contributed by atoms with Gasteiger partial charge in [0.15, 0.2) is 0 Å². The Bertz CT molecular complexity index is 1250. The minimum Gasteiger partial charge on any atom is -0.322 e. The van der Waals surface area contributed by atoms with Gasteiger partial charge in [0.25, 0.3) is 11.8 Å². The van der Waals surface area contributed by atoms with Gasteiger partial charge < -0.3 is 10.6 Å². The maximum atomic E-state index is 13.1. The minimum atomic E-state index is -0.366. The molecule has 7 heteroatoms. The molecule has 4 rings (SSSR count). The Balaban J connectivity index is 1.72. The quantitative estimate of drug-likeness (QED) is 0.403. The van der Waals surface area contributed by atoms with Gasteiger partial charge in [-0.15, -0.1) is 0 Å². The van der Waals surface area contributed by atoms with E-state index in [9.17, 15) is 9.59 Å². The van der Waals surface area contributed by atoms with Crippen molar-refractivity contribution in [1.29, 1.82) is 0 Å². The lowest BCUT2D eigenvalue weighted by atomic mass is 10.2. The molecule has 1 aromatic heterocycles. The summed E-state index contributed by atoms with van der Waals surface area (Å²) in [5, 5.41) is 10.1. The first-order valence-corrected chi connectivity index (χ1v) is 10.4. The Labute approximate surface area is 188 Å². The highest BCUT2D eigenvalue weighted by Gasteiger charge is 2.22. The van der Waals surface area contributed by atoms with Gasteiger partial charge in [0.2, 0.25) is 0 Å². The van der Waals surface area contributed by atoms with Crippen LogP contribution in [0.25, 0.3) is 5.69 Å². The first-order valence-electron chi connectivity index (χ1n) is 9.60. The Kier molecular flexibility index (Phi) is 5.95. The van der Waals surface area contributed by atoms with Crippen LogP contribution in [-0.2, 0) is 0 Å². The van der Waals surface area contributed by atoms with Crippen LogP contribution in [0.5, 0.6) is 0 Å². The monoisotopic (exact) mass is 474 g/mol. The normalized spacial score (nSPS) is 10.5. The average Bonchev–Trinajstić information content (AvgIpc) is 3.18. The second-order valence-corrected chi connectivity index (χ2v) is 7.77. The highest BCUT2D eigenvalue weighted by molar-refractivity contribution is 9.10. The zero-order valence-corrected chi connectivity index (χ0v) is 18.3. The summed E-state index contributed by atoms with van der Waals surface area (Å²) in [6.07, 6.45) is 1.45. The third kappa shape index (κ3) is 4.57. The number of aromatic nitrogens is 2. The van der Waals surface area contributed by atoms with Crippen molar-refractivity contribution in [3.63, 3.8) is 0 Å². The van der Waals surface area contributed by atoms with E-state index in [0.717, 1.165) is 11.3 Å². The van der Waals surface area contributed by atoms with Crippen LogP contribution in [0.4, 0.5) is 11.5 Å². The predicted octanol–water partition coefficient (Wildman–Crippen LogP) is 5.45. The summed E-state index contributed by atoms with van der Waals surface area (Å²) < 4.78 is 2.20. The summed E-state index contributed by atoms with van der Waals surface area (Å²) in [6, 6.07) is 23.9. The van der Waals surface area contributed by atoms with Crippen molar-refractivity contribution in [2.45, 2.75) is 6.92 Å². The van der Waals surface area contributed by atoms with Crippen LogP contribution in [0.15, 0.2) is 89.5 Å².